The molecule has 20 heavy (non-hydrogen) atoms. The topological polar surface area (TPSA) is 18.5 Å². The van der Waals surface area contributed by atoms with Crippen molar-refractivity contribution in [1.82, 2.24) is 15.1 Å². The highest BCUT2D eigenvalue weighted by Gasteiger charge is 2.36. The maximum atomic E-state index is 3.57. The van der Waals surface area contributed by atoms with Gasteiger partial charge in [-0.15, -0.1) is 0 Å². The van der Waals surface area contributed by atoms with E-state index in [1.807, 2.05) is 0 Å². The molecule has 3 fully saturated rings. The zero-order chi connectivity index (χ0) is 14.1. The molecule has 110 valence electrons. The van der Waals surface area contributed by atoms with Gasteiger partial charge in [0.25, 0.3) is 0 Å². The summed E-state index contributed by atoms with van der Waals surface area (Å²) in [6.07, 6.45) is 1.13. The number of aryl methyl sites for hydroxylation is 2. The first-order valence-corrected chi connectivity index (χ1v) is 7.87. The van der Waals surface area contributed by atoms with Crippen LogP contribution >= 0.6 is 0 Å². The summed E-state index contributed by atoms with van der Waals surface area (Å²) in [5.74, 6) is 0. The third kappa shape index (κ3) is 2.76. The zero-order valence-corrected chi connectivity index (χ0v) is 13.0. The van der Waals surface area contributed by atoms with Crippen molar-refractivity contribution in [2.45, 2.75) is 32.4 Å². The van der Waals surface area contributed by atoms with Crippen molar-refractivity contribution in [2.75, 3.05) is 39.8 Å². The van der Waals surface area contributed by atoms with Crippen molar-refractivity contribution in [3.05, 3.63) is 34.9 Å². The molecule has 2 bridgehead atoms. The van der Waals surface area contributed by atoms with Gasteiger partial charge in [0.15, 0.2) is 0 Å². The van der Waals surface area contributed by atoms with Gasteiger partial charge in [0, 0.05) is 44.8 Å². The van der Waals surface area contributed by atoms with Gasteiger partial charge in [-0.3, -0.25) is 9.80 Å². The van der Waals surface area contributed by atoms with E-state index in [1.165, 1.54) is 49.4 Å². The Kier molecular flexibility index (Phi) is 4.11. The summed E-state index contributed by atoms with van der Waals surface area (Å²) in [6.45, 7) is 10.6. The van der Waals surface area contributed by atoms with E-state index in [4.69, 9.17) is 0 Å². The highest BCUT2D eigenvalue weighted by Crippen LogP contribution is 2.21. The highest BCUT2D eigenvalue weighted by molar-refractivity contribution is 5.30. The van der Waals surface area contributed by atoms with Crippen LogP contribution in [-0.4, -0.2) is 61.7 Å². The van der Waals surface area contributed by atoms with E-state index in [2.05, 4.69) is 54.2 Å². The fourth-order valence-electron chi connectivity index (χ4n) is 3.65. The largest absolute Gasteiger partial charge is 0.315 e. The molecule has 1 N–H and O–H groups in total. The van der Waals surface area contributed by atoms with Crippen molar-refractivity contribution in [3.63, 3.8) is 0 Å². The first kappa shape index (κ1) is 14.1. The molecule has 0 radical (unpaired) electrons. The van der Waals surface area contributed by atoms with Gasteiger partial charge < -0.3 is 5.32 Å². The Balaban J connectivity index is 1.72. The number of nitrogens with one attached hydrogen (secondary N) is 1. The maximum Gasteiger partial charge on any atom is 0.0380 e. The first-order chi connectivity index (χ1) is 9.67. The summed E-state index contributed by atoms with van der Waals surface area (Å²) in [7, 11) is 2.12. The Morgan fingerprint density at radius 3 is 2.45 bits per heavy atom. The molecule has 0 aliphatic carbocycles. The van der Waals surface area contributed by atoms with Gasteiger partial charge in [0.05, 0.1) is 0 Å². The number of hydrogen-bond acceptors (Lipinski definition) is 3. The third-order valence-electron chi connectivity index (χ3n) is 5.18. The Bertz CT molecular complexity index is 463. The van der Waals surface area contributed by atoms with Crippen LogP contribution in [0.1, 0.15) is 16.7 Å². The molecule has 0 saturated carbocycles. The molecule has 1 aromatic carbocycles. The summed E-state index contributed by atoms with van der Waals surface area (Å²) >= 11 is 0. The lowest BCUT2D eigenvalue weighted by molar-refractivity contribution is -0.00202. The molecule has 0 aromatic heterocycles. The number of piperazine rings is 3. The molecule has 0 amide bonds. The summed E-state index contributed by atoms with van der Waals surface area (Å²) in [5, 5.41) is 3.57. The van der Waals surface area contributed by atoms with E-state index in [9.17, 15) is 0 Å². The Morgan fingerprint density at radius 2 is 1.90 bits per heavy atom. The minimum atomic E-state index is 0.556. The second kappa shape index (κ2) is 5.84. The Labute approximate surface area is 123 Å². The van der Waals surface area contributed by atoms with Crippen LogP contribution in [0.4, 0.5) is 0 Å². The lowest BCUT2D eigenvalue weighted by Crippen LogP contribution is -2.66. The predicted octanol–water partition coefficient (Wildman–Crippen LogP) is 1.43. The van der Waals surface area contributed by atoms with E-state index in [-0.39, 0.29) is 0 Å². The number of nitrogens with zero attached hydrogens (tertiary/aromatic N) is 2. The van der Waals surface area contributed by atoms with Gasteiger partial charge in [0.2, 0.25) is 0 Å². The summed E-state index contributed by atoms with van der Waals surface area (Å²) in [5.41, 5.74) is 4.26. The maximum absolute atomic E-state index is 3.57. The molecule has 3 aliphatic heterocycles. The van der Waals surface area contributed by atoms with Crippen LogP contribution in [0.3, 0.4) is 0 Å². The van der Waals surface area contributed by atoms with Gasteiger partial charge in [-0.25, -0.2) is 0 Å². The molecule has 1 aromatic rings. The van der Waals surface area contributed by atoms with Crippen LogP contribution < -0.4 is 5.32 Å². The SMILES string of the molecule is CNC(Cc1ccc(C)c(C)c1)C1CN2CCN1CC2. The zero-order valence-electron chi connectivity index (χ0n) is 13.0. The lowest BCUT2D eigenvalue weighted by Gasteiger charge is -2.50. The average Bonchev–Trinajstić information content (AvgIpc) is 2.49. The van der Waals surface area contributed by atoms with E-state index in [1.54, 1.807) is 0 Å². The molecule has 3 heteroatoms. The number of benzene rings is 1. The molecule has 3 heterocycles. The molecular formula is C17H27N3. The number of hydrogen-bond donors (Lipinski definition) is 1. The first-order valence-electron chi connectivity index (χ1n) is 7.87. The minimum absolute atomic E-state index is 0.556. The molecule has 3 nitrogen and oxygen atoms in total. The highest BCUT2D eigenvalue weighted by atomic mass is 15.4. The fourth-order valence-corrected chi connectivity index (χ4v) is 3.65. The van der Waals surface area contributed by atoms with E-state index < -0.39 is 0 Å². The second-order valence-corrected chi connectivity index (χ2v) is 6.42. The van der Waals surface area contributed by atoms with E-state index in [0.717, 1.165) is 6.42 Å². The lowest BCUT2D eigenvalue weighted by atomic mass is 9.93. The van der Waals surface area contributed by atoms with Crippen molar-refractivity contribution >= 4 is 0 Å². The van der Waals surface area contributed by atoms with E-state index >= 15 is 0 Å². The predicted molar refractivity (Wildman–Crippen MR) is 84.3 cm³/mol. The average molecular weight is 273 g/mol. The van der Waals surface area contributed by atoms with Crippen LogP contribution in [0, 0.1) is 13.8 Å². The van der Waals surface area contributed by atoms with Crippen LogP contribution in [0.5, 0.6) is 0 Å². The molecule has 4 rings (SSSR count). The Morgan fingerprint density at radius 1 is 1.15 bits per heavy atom. The molecule has 3 saturated heterocycles. The Hall–Kier alpha value is -0.900. The van der Waals surface area contributed by atoms with E-state index in [0.29, 0.717) is 12.1 Å². The van der Waals surface area contributed by atoms with Crippen molar-refractivity contribution in [3.8, 4) is 0 Å². The normalized spacial score (nSPS) is 30.4. The molecular weight excluding hydrogens is 246 g/mol. The third-order valence-corrected chi connectivity index (χ3v) is 5.18. The number of likely N-dealkylation sites (N-methyl/N-ethyl adjacent to an activating group) is 1. The van der Waals surface area contributed by atoms with Gasteiger partial charge in [-0.2, -0.15) is 0 Å². The van der Waals surface area contributed by atoms with Gasteiger partial charge in [0.1, 0.15) is 0 Å². The smallest absolute Gasteiger partial charge is 0.0380 e. The van der Waals surface area contributed by atoms with Crippen LogP contribution in [0.25, 0.3) is 0 Å². The van der Waals surface area contributed by atoms with Gasteiger partial charge >= 0.3 is 0 Å². The van der Waals surface area contributed by atoms with Crippen LogP contribution in [0.2, 0.25) is 0 Å². The fraction of sp³-hybridized carbons (Fsp3) is 0.647. The molecule has 2 unspecified atom stereocenters. The molecule has 3 aliphatic rings. The van der Waals surface area contributed by atoms with Crippen molar-refractivity contribution < 1.29 is 0 Å². The molecule has 2 atom stereocenters. The second-order valence-electron chi connectivity index (χ2n) is 6.42. The quantitative estimate of drug-likeness (QED) is 0.895. The van der Waals surface area contributed by atoms with Crippen LogP contribution in [-0.2, 0) is 6.42 Å². The van der Waals surface area contributed by atoms with Gasteiger partial charge in [-0.05, 0) is 44.0 Å². The van der Waals surface area contributed by atoms with Gasteiger partial charge in [-0.1, -0.05) is 18.2 Å². The minimum Gasteiger partial charge on any atom is -0.315 e. The van der Waals surface area contributed by atoms with Crippen LogP contribution in [0.15, 0.2) is 18.2 Å². The number of fused-ring (bicyclic) bond motifs is 3. The van der Waals surface area contributed by atoms with Crippen molar-refractivity contribution in [2.24, 2.45) is 0 Å². The van der Waals surface area contributed by atoms with Crippen molar-refractivity contribution in [1.29, 1.82) is 0 Å². The monoisotopic (exact) mass is 273 g/mol. The summed E-state index contributed by atoms with van der Waals surface area (Å²) in [4.78, 5) is 5.30. The summed E-state index contributed by atoms with van der Waals surface area (Å²) < 4.78 is 0. The standard InChI is InChI=1S/C17H27N3/c1-13-4-5-15(10-14(13)2)11-16(18-3)17-12-19-6-8-20(17)9-7-19/h4-5,10,16-18H,6-9,11-12H2,1-3H3. The number of rotatable bonds is 4. The molecule has 0 spiro atoms. The summed E-state index contributed by atoms with van der Waals surface area (Å²) in [6, 6.07) is 8.14.